The van der Waals surface area contributed by atoms with Crippen molar-refractivity contribution in [2.75, 3.05) is 5.32 Å². The molecule has 2 rings (SSSR count). The molecule has 19 heavy (non-hydrogen) atoms. The average molecular weight is 260 g/mol. The van der Waals surface area contributed by atoms with E-state index in [1.165, 1.54) is 12.0 Å². The number of carbonyl (C=O) groups is 1. The molecular weight excluding hydrogens is 236 g/mol. The highest BCUT2D eigenvalue weighted by molar-refractivity contribution is 5.90. The van der Waals surface area contributed by atoms with E-state index < -0.39 is 0 Å². The van der Waals surface area contributed by atoms with Crippen LogP contribution in [0.15, 0.2) is 24.3 Å². The first kappa shape index (κ1) is 13.9. The number of aryl methyl sites for hydroxylation is 1. The van der Waals surface area contributed by atoms with Gasteiger partial charge in [-0.3, -0.25) is 0 Å². The monoisotopic (exact) mass is 260 g/mol. The van der Waals surface area contributed by atoms with Gasteiger partial charge in [-0.05, 0) is 51.2 Å². The van der Waals surface area contributed by atoms with E-state index in [-0.39, 0.29) is 6.03 Å². The largest absolute Gasteiger partial charge is 0.322 e. The standard InChI is InChI=1S/C16H24N2O/c1-4-14-10-5-6-11-15(14)17-16(19)18-12(2)8-7-9-13(18)3/h5-6,10-13H,4,7-9H2,1-3H3,(H,17,19)/t12-,13-/m0/s1. The summed E-state index contributed by atoms with van der Waals surface area (Å²) in [6.07, 6.45) is 4.36. The normalized spacial score (nSPS) is 23.2. The maximum absolute atomic E-state index is 12.5. The summed E-state index contributed by atoms with van der Waals surface area (Å²) in [7, 11) is 0. The van der Waals surface area contributed by atoms with Crippen molar-refractivity contribution in [3.05, 3.63) is 29.8 Å². The van der Waals surface area contributed by atoms with Gasteiger partial charge in [0.15, 0.2) is 0 Å². The van der Waals surface area contributed by atoms with Gasteiger partial charge in [0.25, 0.3) is 0 Å². The Morgan fingerprint density at radius 2 is 1.89 bits per heavy atom. The Labute approximate surface area is 116 Å². The second-order valence-corrected chi connectivity index (χ2v) is 5.48. The minimum atomic E-state index is 0.0422. The van der Waals surface area contributed by atoms with Crippen molar-refractivity contribution in [3.63, 3.8) is 0 Å². The molecule has 1 N–H and O–H groups in total. The number of amides is 2. The quantitative estimate of drug-likeness (QED) is 0.855. The van der Waals surface area contributed by atoms with Gasteiger partial charge in [0.2, 0.25) is 0 Å². The molecule has 3 heteroatoms. The smallest absolute Gasteiger partial charge is 0.319 e. The van der Waals surface area contributed by atoms with Crippen LogP contribution in [0.1, 0.15) is 45.6 Å². The van der Waals surface area contributed by atoms with Crippen LogP contribution in [0.25, 0.3) is 0 Å². The number of piperidine rings is 1. The van der Waals surface area contributed by atoms with Crippen LogP contribution in [0, 0.1) is 0 Å². The highest BCUT2D eigenvalue weighted by Gasteiger charge is 2.29. The van der Waals surface area contributed by atoms with Crippen molar-refractivity contribution < 1.29 is 4.79 Å². The van der Waals surface area contributed by atoms with Crippen molar-refractivity contribution in [1.29, 1.82) is 0 Å². The van der Waals surface area contributed by atoms with Gasteiger partial charge in [-0.15, -0.1) is 0 Å². The molecule has 2 atom stereocenters. The second kappa shape index (κ2) is 6.09. The van der Waals surface area contributed by atoms with Crippen LogP contribution < -0.4 is 5.32 Å². The Kier molecular flexibility index (Phi) is 4.46. The molecule has 3 nitrogen and oxygen atoms in total. The van der Waals surface area contributed by atoms with Crippen molar-refractivity contribution in [2.45, 2.75) is 58.5 Å². The lowest BCUT2D eigenvalue weighted by molar-refractivity contribution is 0.133. The van der Waals surface area contributed by atoms with Crippen molar-refractivity contribution in [2.24, 2.45) is 0 Å². The molecule has 0 saturated carbocycles. The van der Waals surface area contributed by atoms with E-state index in [1.807, 2.05) is 23.1 Å². The van der Waals surface area contributed by atoms with Gasteiger partial charge in [0.1, 0.15) is 0 Å². The highest BCUT2D eigenvalue weighted by atomic mass is 16.2. The van der Waals surface area contributed by atoms with Crippen LogP contribution in [0.5, 0.6) is 0 Å². The molecule has 0 spiro atoms. The van der Waals surface area contributed by atoms with Crippen molar-refractivity contribution in [3.8, 4) is 0 Å². The number of rotatable bonds is 2. The van der Waals surface area contributed by atoms with E-state index in [9.17, 15) is 4.79 Å². The number of benzene rings is 1. The minimum absolute atomic E-state index is 0.0422. The maximum Gasteiger partial charge on any atom is 0.322 e. The van der Waals surface area contributed by atoms with E-state index in [0.717, 1.165) is 24.9 Å². The highest BCUT2D eigenvalue weighted by Crippen LogP contribution is 2.24. The number of urea groups is 1. The van der Waals surface area contributed by atoms with E-state index in [2.05, 4.69) is 32.2 Å². The average Bonchev–Trinajstić information content (AvgIpc) is 2.39. The van der Waals surface area contributed by atoms with E-state index in [1.54, 1.807) is 0 Å². The maximum atomic E-state index is 12.5. The molecule has 104 valence electrons. The molecule has 1 saturated heterocycles. The van der Waals surface area contributed by atoms with E-state index in [4.69, 9.17) is 0 Å². The number of anilines is 1. The fourth-order valence-corrected chi connectivity index (χ4v) is 2.95. The van der Waals surface area contributed by atoms with E-state index >= 15 is 0 Å². The van der Waals surface area contributed by atoms with Crippen LogP contribution in [0.4, 0.5) is 10.5 Å². The molecular formula is C16H24N2O. The fourth-order valence-electron chi connectivity index (χ4n) is 2.95. The zero-order valence-electron chi connectivity index (χ0n) is 12.1. The van der Waals surface area contributed by atoms with Crippen molar-refractivity contribution >= 4 is 11.7 Å². The first-order valence-electron chi connectivity index (χ1n) is 7.30. The zero-order valence-corrected chi connectivity index (χ0v) is 12.1. The lowest BCUT2D eigenvalue weighted by atomic mass is 9.98. The van der Waals surface area contributed by atoms with Gasteiger partial charge in [0.05, 0.1) is 0 Å². The Bertz CT molecular complexity index is 434. The Balaban J connectivity index is 2.11. The number of nitrogens with zero attached hydrogens (tertiary/aromatic N) is 1. The Morgan fingerprint density at radius 3 is 2.53 bits per heavy atom. The number of hydrogen-bond donors (Lipinski definition) is 1. The summed E-state index contributed by atoms with van der Waals surface area (Å²) in [5, 5.41) is 3.08. The van der Waals surface area contributed by atoms with Crippen LogP contribution in [-0.4, -0.2) is 23.0 Å². The van der Waals surface area contributed by atoms with Crippen molar-refractivity contribution in [1.82, 2.24) is 4.90 Å². The summed E-state index contributed by atoms with van der Waals surface area (Å²) < 4.78 is 0. The van der Waals surface area contributed by atoms with Gasteiger partial charge in [-0.1, -0.05) is 25.1 Å². The van der Waals surface area contributed by atoms with E-state index in [0.29, 0.717) is 12.1 Å². The summed E-state index contributed by atoms with van der Waals surface area (Å²) in [5.41, 5.74) is 2.13. The molecule has 0 radical (unpaired) electrons. The number of likely N-dealkylation sites (tertiary alicyclic amines) is 1. The fraction of sp³-hybridized carbons (Fsp3) is 0.562. The number of para-hydroxylation sites is 1. The first-order chi connectivity index (χ1) is 9.13. The molecule has 1 aliphatic heterocycles. The molecule has 0 aliphatic carbocycles. The van der Waals surface area contributed by atoms with Gasteiger partial charge in [0, 0.05) is 17.8 Å². The molecule has 1 fully saturated rings. The summed E-state index contributed by atoms with van der Waals surface area (Å²) in [6.45, 7) is 6.39. The third kappa shape index (κ3) is 3.09. The molecule has 0 aromatic heterocycles. The molecule has 1 aromatic carbocycles. The molecule has 1 heterocycles. The number of carbonyl (C=O) groups excluding carboxylic acids is 1. The topological polar surface area (TPSA) is 32.3 Å². The van der Waals surface area contributed by atoms with Gasteiger partial charge in [-0.25, -0.2) is 4.79 Å². The summed E-state index contributed by atoms with van der Waals surface area (Å²) in [6, 6.07) is 8.74. The molecule has 1 aromatic rings. The summed E-state index contributed by atoms with van der Waals surface area (Å²) >= 11 is 0. The predicted molar refractivity (Wildman–Crippen MR) is 79.5 cm³/mol. The van der Waals surface area contributed by atoms with Crippen LogP contribution >= 0.6 is 0 Å². The van der Waals surface area contributed by atoms with Gasteiger partial charge < -0.3 is 10.2 Å². The van der Waals surface area contributed by atoms with Crippen LogP contribution in [0.3, 0.4) is 0 Å². The molecule has 0 bridgehead atoms. The Morgan fingerprint density at radius 1 is 1.26 bits per heavy atom. The first-order valence-corrected chi connectivity index (χ1v) is 7.30. The molecule has 1 aliphatic rings. The lowest BCUT2D eigenvalue weighted by Gasteiger charge is -2.39. The Hall–Kier alpha value is -1.51. The third-order valence-electron chi connectivity index (χ3n) is 4.07. The predicted octanol–water partition coefficient (Wildman–Crippen LogP) is 4.04. The SMILES string of the molecule is CCc1ccccc1NC(=O)N1[C@@H](C)CCC[C@@H]1C. The van der Waals surface area contributed by atoms with Gasteiger partial charge >= 0.3 is 6.03 Å². The molecule has 2 amide bonds. The minimum Gasteiger partial charge on any atom is -0.319 e. The number of nitrogens with one attached hydrogen (secondary N) is 1. The van der Waals surface area contributed by atoms with Crippen LogP contribution in [0.2, 0.25) is 0 Å². The zero-order chi connectivity index (χ0) is 13.8. The summed E-state index contributed by atoms with van der Waals surface area (Å²) in [4.78, 5) is 14.5. The lowest BCUT2D eigenvalue weighted by Crippen LogP contribution is -2.49. The summed E-state index contributed by atoms with van der Waals surface area (Å²) in [5.74, 6) is 0. The van der Waals surface area contributed by atoms with Gasteiger partial charge in [-0.2, -0.15) is 0 Å². The molecule has 0 unspecified atom stereocenters. The second-order valence-electron chi connectivity index (χ2n) is 5.48. The van der Waals surface area contributed by atoms with Crippen LogP contribution in [-0.2, 0) is 6.42 Å². The number of hydrogen-bond acceptors (Lipinski definition) is 1. The third-order valence-corrected chi connectivity index (χ3v) is 4.07.